The van der Waals surface area contributed by atoms with Gasteiger partial charge < -0.3 is 4.42 Å². The molecule has 0 radical (unpaired) electrons. The highest BCUT2D eigenvalue weighted by Gasteiger charge is 2.32. The average molecular weight is 230 g/mol. The van der Waals surface area contributed by atoms with Crippen molar-refractivity contribution < 1.29 is 12.8 Å². The third-order valence-corrected chi connectivity index (χ3v) is 4.22. The molecule has 1 unspecified atom stereocenters. The predicted molar refractivity (Wildman–Crippen MR) is 55.6 cm³/mol. The first-order valence-corrected chi connectivity index (χ1v) is 6.29. The van der Waals surface area contributed by atoms with Crippen LogP contribution in [0.3, 0.4) is 0 Å². The quantitative estimate of drug-likeness (QED) is 0.824. The monoisotopic (exact) mass is 230 g/mol. The van der Waals surface area contributed by atoms with Crippen LogP contribution >= 0.6 is 0 Å². The Balaban J connectivity index is 2.08. The molecule has 5 nitrogen and oxygen atoms in total. The predicted octanol–water partition coefficient (Wildman–Crippen LogP) is 0.533. The number of rotatable bonds is 3. The van der Waals surface area contributed by atoms with E-state index in [9.17, 15) is 8.42 Å². The third-order valence-electron chi connectivity index (χ3n) is 2.69. The maximum Gasteiger partial charge on any atom is 0.279 e. The van der Waals surface area contributed by atoms with Gasteiger partial charge in [0, 0.05) is 26.1 Å². The summed E-state index contributed by atoms with van der Waals surface area (Å²) >= 11 is 0. The SMILES string of the molecule is CNS(=O)(=O)N1CCC(c2ccco2)C1. The lowest BCUT2D eigenvalue weighted by Crippen LogP contribution is -2.37. The highest BCUT2D eigenvalue weighted by atomic mass is 32.2. The van der Waals surface area contributed by atoms with Crippen LogP contribution in [0.1, 0.15) is 18.1 Å². The summed E-state index contributed by atoms with van der Waals surface area (Å²) in [5.41, 5.74) is 0. The smallest absolute Gasteiger partial charge is 0.279 e. The molecular weight excluding hydrogens is 216 g/mol. The summed E-state index contributed by atoms with van der Waals surface area (Å²) in [7, 11) is -1.85. The second kappa shape index (κ2) is 3.96. The zero-order valence-electron chi connectivity index (χ0n) is 8.51. The van der Waals surface area contributed by atoms with Crippen LogP contribution in [0.2, 0.25) is 0 Å². The van der Waals surface area contributed by atoms with Crippen LogP contribution in [0.15, 0.2) is 22.8 Å². The fraction of sp³-hybridized carbons (Fsp3) is 0.556. The van der Waals surface area contributed by atoms with Crippen molar-refractivity contribution in [1.29, 1.82) is 0 Å². The zero-order valence-corrected chi connectivity index (χ0v) is 9.33. The standard InChI is InChI=1S/C9H14N2O3S/c1-10-15(12,13)11-5-4-8(7-11)9-3-2-6-14-9/h2-3,6,8,10H,4-5,7H2,1H3. The molecule has 1 aromatic rings. The van der Waals surface area contributed by atoms with Gasteiger partial charge in [-0.1, -0.05) is 0 Å². The molecule has 2 heterocycles. The van der Waals surface area contributed by atoms with Gasteiger partial charge in [0.05, 0.1) is 6.26 Å². The van der Waals surface area contributed by atoms with Crippen LogP contribution in [-0.4, -0.2) is 32.9 Å². The molecule has 1 atom stereocenters. The van der Waals surface area contributed by atoms with Gasteiger partial charge in [-0.3, -0.25) is 0 Å². The van der Waals surface area contributed by atoms with Crippen LogP contribution in [0.25, 0.3) is 0 Å². The van der Waals surface area contributed by atoms with Crippen molar-refractivity contribution in [3.8, 4) is 0 Å². The summed E-state index contributed by atoms with van der Waals surface area (Å²) in [5.74, 6) is 1.05. The molecule has 84 valence electrons. The Labute approximate surface area is 89.3 Å². The summed E-state index contributed by atoms with van der Waals surface area (Å²) in [6.07, 6.45) is 2.43. The second-order valence-corrected chi connectivity index (χ2v) is 5.44. The van der Waals surface area contributed by atoms with E-state index in [1.54, 1.807) is 6.26 Å². The van der Waals surface area contributed by atoms with E-state index in [1.807, 2.05) is 12.1 Å². The average Bonchev–Trinajstić information content (AvgIpc) is 2.88. The first kappa shape index (κ1) is 10.7. The Kier molecular flexibility index (Phi) is 2.81. The van der Waals surface area contributed by atoms with Gasteiger partial charge in [-0.25, -0.2) is 4.72 Å². The van der Waals surface area contributed by atoms with E-state index in [0.717, 1.165) is 12.2 Å². The molecule has 0 amide bonds. The highest BCUT2D eigenvalue weighted by Crippen LogP contribution is 2.28. The van der Waals surface area contributed by atoms with Crippen molar-refractivity contribution in [2.24, 2.45) is 0 Å². The van der Waals surface area contributed by atoms with Crippen LogP contribution in [-0.2, 0) is 10.2 Å². The molecule has 1 fully saturated rings. The Morgan fingerprint density at radius 2 is 2.40 bits per heavy atom. The van der Waals surface area contributed by atoms with Gasteiger partial charge in [0.1, 0.15) is 5.76 Å². The molecule has 6 heteroatoms. The molecular formula is C9H14N2O3S. The van der Waals surface area contributed by atoms with Crippen molar-refractivity contribution in [2.75, 3.05) is 20.1 Å². The summed E-state index contributed by atoms with van der Waals surface area (Å²) in [4.78, 5) is 0. The van der Waals surface area contributed by atoms with E-state index in [0.29, 0.717) is 13.1 Å². The van der Waals surface area contributed by atoms with Crippen LogP contribution in [0, 0.1) is 0 Å². The molecule has 0 aliphatic carbocycles. The molecule has 1 N–H and O–H groups in total. The maximum absolute atomic E-state index is 11.5. The lowest BCUT2D eigenvalue weighted by Gasteiger charge is -2.14. The Morgan fingerprint density at radius 1 is 1.60 bits per heavy atom. The lowest BCUT2D eigenvalue weighted by atomic mass is 10.1. The molecule has 0 bridgehead atoms. The second-order valence-electron chi connectivity index (χ2n) is 3.57. The number of furan rings is 1. The van der Waals surface area contributed by atoms with E-state index in [-0.39, 0.29) is 5.92 Å². The number of nitrogens with zero attached hydrogens (tertiary/aromatic N) is 1. The molecule has 2 rings (SSSR count). The summed E-state index contributed by atoms with van der Waals surface area (Å²) < 4.78 is 32.0. The van der Waals surface area contributed by atoms with Gasteiger partial charge in [-0.15, -0.1) is 0 Å². The van der Waals surface area contributed by atoms with Crippen molar-refractivity contribution in [3.63, 3.8) is 0 Å². The van der Waals surface area contributed by atoms with Gasteiger partial charge >= 0.3 is 0 Å². The molecule has 0 aromatic carbocycles. The van der Waals surface area contributed by atoms with E-state index in [4.69, 9.17) is 4.42 Å². The lowest BCUT2D eigenvalue weighted by molar-refractivity contribution is 0.441. The van der Waals surface area contributed by atoms with Crippen molar-refractivity contribution in [3.05, 3.63) is 24.2 Å². The first-order chi connectivity index (χ1) is 7.13. The van der Waals surface area contributed by atoms with E-state index < -0.39 is 10.2 Å². The van der Waals surface area contributed by atoms with Crippen LogP contribution in [0.5, 0.6) is 0 Å². The molecule has 15 heavy (non-hydrogen) atoms. The molecule has 0 saturated carbocycles. The number of hydrogen-bond acceptors (Lipinski definition) is 3. The van der Waals surface area contributed by atoms with Gasteiger partial charge in [0.15, 0.2) is 0 Å². The van der Waals surface area contributed by atoms with Gasteiger partial charge in [-0.05, 0) is 18.6 Å². The molecule has 1 aliphatic heterocycles. The van der Waals surface area contributed by atoms with Gasteiger partial charge in [-0.2, -0.15) is 12.7 Å². The summed E-state index contributed by atoms with van der Waals surface area (Å²) in [6, 6.07) is 3.71. The maximum atomic E-state index is 11.5. The fourth-order valence-electron chi connectivity index (χ4n) is 1.83. The molecule has 1 saturated heterocycles. The summed E-state index contributed by atoms with van der Waals surface area (Å²) in [5, 5.41) is 0. The van der Waals surface area contributed by atoms with E-state index >= 15 is 0 Å². The van der Waals surface area contributed by atoms with Crippen molar-refractivity contribution >= 4 is 10.2 Å². The van der Waals surface area contributed by atoms with Crippen molar-refractivity contribution in [1.82, 2.24) is 9.03 Å². The Hall–Kier alpha value is -0.850. The normalized spacial score (nSPS) is 23.4. The minimum Gasteiger partial charge on any atom is -0.469 e. The first-order valence-electron chi connectivity index (χ1n) is 4.85. The topological polar surface area (TPSA) is 62.6 Å². The fourth-order valence-corrected chi connectivity index (χ4v) is 2.81. The molecule has 1 aromatic heterocycles. The Bertz CT molecular complexity index is 413. The van der Waals surface area contributed by atoms with Crippen molar-refractivity contribution in [2.45, 2.75) is 12.3 Å². The van der Waals surface area contributed by atoms with Gasteiger partial charge in [0.2, 0.25) is 0 Å². The number of hydrogen-bond donors (Lipinski definition) is 1. The largest absolute Gasteiger partial charge is 0.469 e. The summed E-state index contributed by atoms with van der Waals surface area (Å²) in [6.45, 7) is 1.05. The Morgan fingerprint density at radius 3 is 3.00 bits per heavy atom. The minimum atomic E-state index is -3.28. The van der Waals surface area contributed by atoms with Crippen LogP contribution < -0.4 is 4.72 Å². The third kappa shape index (κ3) is 2.06. The molecule has 1 aliphatic rings. The highest BCUT2D eigenvalue weighted by molar-refractivity contribution is 7.87. The van der Waals surface area contributed by atoms with E-state index in [1.165, 1.54) is 11.4 Å². The van der Waals surface area contributed by atoms with Crippen LogP contribution in [0.4, 0.5) is 0 Å². The van der Waals surface area contributed by atoms with Gasteiger partial charge in [0.25, 0.3) is 10.2 Å². The minimum absolute atomic E-state index is 0.183. The zero-order chi connectivity index (χ0) is 10.9. The number of nitrogens with one attached hydrogen (secondary N) is 1. The molecule has 0 spiro atoms. The van der Waals surface area contributed by atoms with E-state index in [2.05, 4.69) is 4.72 Å².